The van der Waals surface area contributed by atoms with E-state index in [1.807, 2.05) is 0 Å². The van der Waals surface area contributed by atoms with Gasteiger partial charge in [-0.2, -0.15) is 43.2 Å². The zero-order chi connectivity index (χ0) is 19.7. The summed E-state index contributed by atoms with van der Waals surface area (Å²) < 4.78 is 118. The molecule has 8 nitrogen and oxygen atoms in total. The molecule has 0 saturated heterocycles. The standard InChI is InChI=1S/C5H6F6O6S2.C3H8O2/c6-4(7,8)18(12,13)16-2-1-3-17-19(14,15)5(9,10)11;4-2-1-3-5/h1-3H2;4-5H,1-3H2. The van der Waals surface area contributed by atoms with Gasteiger partial charge in [0.2, 0.25) is 0 Å². The third-order valence-corrected chi connectivity index (χ3v) is 3.74. The molecule has 0 unspecified atom stereocenters. The first-order valence-electron chi connectivity index (χ1n) is 5.75. The second-order valence-electron chi connectivity index (χ2n) is 3.60. The maximum Gasteiger partial charge on any atom is 0.523 e. The molecule has 0 rings (SSSR count). The van der Waals surface area contributed by atoms with E-state index in [-0.39, 0.29) is 13.2 Å². The lowest BCUT2D eigenvalue weighted by Gasteiger charge is -2.09. The zero-order valence-electron chi connectivity index (χ0n) is 11.7. The van der Waals surface area contributed by atoms with Crippen LogP contribution in [0.2, 0.25) is 0 Å². The number of hydrogen-bond acceptors (Lipinski definition) is 8. The first-order chi connectivity index (χ1) is 10.6. The van der Waals surface area contributed by atoms with Crippen molar-refractivity contribution < 1.29 is 61.8 Å². The van der Waals surface area contributed by atoms with E-state index in [2.05, 4.69) is 8.37 Å². The molecule has 2 N–H and O–H groups in total. The van der Waals surface area contributed by atoms with Crippen molar-refractivity contribution in [1.82, 2.24) is 0 Å². The lowest BCUT2D eigenvalue weighted by Crippen LogP contribution is -2.27. The van der Waals surface area contributed by atoms with Crippen molar-refractivity contribution in [2.24, 2.45) is 0 Å². The molecule has 0 bridgehead atoms. The molecule has 0 spiro atoms. The highest BCUT2D eigenvalue weighted by Gasteiger charge is 2.48. The van der Waals surface area contributed by atoms with Gasteiger partial charge in [-0.25, -0.2) is 0 Å². The molecule has 148 valence electrons. The summed E-state index contributed by atoms with van der Waals surface area (Å²) in [5, 5.41) is 15.8. The van der Waals surface area contributed by atoms with Gasteiger partial charge in [0.15, 0.2) is 0 Å². The Hall–Kier alpha value is -0.680. The molecule has 24 heavy (non-hydrogen) atoms. The van der Waals surface area contributed by atoms with Crippen LogP contribution in [0.1, 0.15) is 12.8 Å². The van der Waals surface area contributed by atoms with E-state index in [4.69, 9.17) is 10.2 Å². The Morgan fingerprint density at radius 3 is 1.12 bits per heavy atom. The van der Waals surface area contributed by atoms with Gasteiger partial charge in [0.05, 0.1) is 13.2 Å². The van der Waals surface area contributed by atoms with Crippen molar-refractivity contribution in [3.63, 3.8) is 0 Å². The molecule has 0 heterocycles. The average molecular weight is 416 g/mol. The molecule has 0 aromatic carbocycles. The largest absolute Gasteiger partial charge is 0.523 e. The predicted octanol–water partition coefficient (Wildman–Crippen LogP) is 0.470. The van der Waals surface area contributed by atoms with Crippen molar-refractivity contribution in [2.45, 2.75) is 23.9 Å². The Kier molecular flexibility index (Phi) is 11.0. The Labute approximate surface area is 133 Å². The average Bonchev–Trinajstić information content (AvgIpc) is 2.37. The number of hydrogen-bond donors (Lipinski definition) is 2. The Bertz CT molecular complexity index is 490. The normalized spacial score (nSPS) is 13.3. The molecule has 0 aliphatic heterocycles. The van der Waals surface area contributed by atoms with E-state index < -0.39 is 50.9 Å². The van der Waals surface area contributed by atoms with Crippen LogP contribution in [0.15, 0.2) is 0 Å². The van der Waals surface area contributed by atoms with Crippen LogP contribution in [-0.2, 0) is 28.6 Å². The highest BCUT2D eigenvalue weighted by Crippen LogP contribution is 2.26. The van der Waals surface area contributed by atoms with Gasteiger partial charge in [-0.1, -0.05) is 0 Å². The number of halogens is 6. The fraction of sp³-hybridized carbons (Fsp3) is 1.00. The summed E-state index contributed by atoms with van der Waals surface area (Å²) in [7, 11) is -11.7. The van der Waals surface area contributed by atoms with Crippen LogP contribution < -0.4 is 0 Å². The van der Waals surface area contributed by atoms with Crippen LogP contribution in [0.3, 0.4) is 0 Å². The summed E-state index contributed by atoms with van der Waals surface area (Å²) in [6.45, 7) is -2.18. The van der Waals surface area contributed by atoms with Gasteiger partial charge >= 0.3 is 31.3 Å². The van der Waals surface area contributed by atoms with Crippen molar-refractivity contribution in [1.29, 1.82) is 0 Å². The van der Waals surface area contributed by atoms with E-state index in [1.165, 1.54) is 0 Å². The van der Waals surface area contributed by atoms with Gasteiger partial charge in [0, 0.05) is 13.2 Å². The maximum atomic E-state index is 11.7. The minimum Gasteiger partial charge on any atom is -0.396 e. The summed E-state index contributed by atoms with van der Waals surface area (Å²) in [5.74, 6) is 0. The third kappa shape index (κ3) is 10.2. The molecule has 0 amide bonds. The molecule has 0 atom stereocenters. The van der Waals surface area contributed by atoms with Gasteiger partial charge < -0.3 is 10.2 Å². The minimum atomic E-state index is -5.87. The van der Waals surface area contributed by atoms with Crippen molar-refractivity contribution in [3.8, 4) is 0 Å². The second-order valence-corrected chi connectivity index (χ2v) is 6.81. The van der Waals surface area contributed by atoms with E-state index >= 15 is 0 Å². The Morgan fingerprint density at radius 2 is 0.958 bits per heavy atom. The minimum absolute atomic E-state index is 0.0938. The van der Waals surface area contributed by atoms with E-state index in [9.17, 15) is 43.2 Å². The molecule has 0 aromatic heterocycles. The fourth-order valence-corrected chi connectivity index (χ4v) is 1.54. The number of aliphatic hydroxyl groups is 2. The molecular weight excluding hydrogens is 402 g/mol. The van der Waals surface area contributed by atoms with Crippen LogP contribution in [-0.4, -0.2) is 64.5 Å². The quantitative estimate of drug-likeness (QED) is 0.253. The smallest absolute Gasteiger partial charge is 0.396 e. The summed E-state index contributed by atoms with van der Waals surface area (Å²) in [5.41, 5.74) is -11.3. The lowest BCUT2D eigenvalue weighted by atomic mass is 10.5. The van der Waals surface area contributed by atoms with Gasteiger partial charge in [-0.15, -0.1) is 0 Å². The molecule has 16 heteroatoms. The first-order valence-corrected chi connectivity index (χ1v) is 8.57. The topological polar surface area (TPSA) is 127 Å². The second kappa shape index (κ2) is 10.3. The molecule has 0 aliphatic rings. The predicted molar refractivity (Wildman–Crippen MR) is 65.3 cm³/mol. The van der Waals surface area contributed by atoms with E-state index in [1.54, 1.807) is 0 Å². The van der Waals surface area contributed by atoms with Crippen LogP contribution in [0.4, 0.5) is 26.3 Å². The molecule has 0 aromatic rings. The van der Waals surface area contributed by atoms with Crippen molar-refractivity contribution >= 4 is 20.2 Å². The van der Waals surface area contributed by atoms with Crippen molar-refractivity contribution in [3.05, 3.63) is 0 Å². The molecular formula is C8H14F6O8S2. The van der Waals surface area contributed by atoms with Gasteiger partial charge in [-0.05, 0) is 12.8 Å². The zero-order valence-corrected chi connectivity index (χ0v) is 13.3. The van der Waals surface area contributed by atoms with Crippen molar-refractivity contribution in [2.75, 3.05) is 26.4 Å². The van der Waals surface area contributed by atoms with Crippen LogP contribution in [0, 0.1) is 0 Å². The molecule has 0 fully saturated rings. The number of aliphatic hydroxyl groups excluding tert-OH is 2. The number of alkyl halides is 6. The number of rotatable bonds is 8. The van der Waals surface area contributed by atoms with Gasteiger partial charge in [0.25, 0.3) is 0 Å². The summed E-state index contributed by atoms with van der Waals surface area (Å²) in [6.07, 6.45) is -0.315. The maximum absolute atomic E-state index is 11.7. The molecule has 0 saturated carbocycles. The van der Waals surface area contributed by atoms with E-state index in [0.717, 1.165) is 0 Å². The van der Waals surface area contributed by atoms with Crippen LogP contribution >= 0.6 is 0 Å². The first kappa shape index (κ1) is 25.6. The van der Waals surface area contributed by atoms with E-state index in [0.29, 0.717) is 6.42 Å². The van der Waals surface area contributed by atoms with Crippen LogP contribution in [0.5, 0.6) is 0 Å². The highest BCUT2D eigenvalue weighted by atomic mass is 32.2. The SMILES string of the molecule is O=S(=O)(OCCCOS(=O)(=O)C(F)(F)F)C(F)(F)F.OCCCO. The lowest BCUT2D eigenvalue weighted by molar-refractivity contribution is -0.0556. The van der Waals surface area contributed by atoms with Crippen LogP contribution in [0.25, 0.3) is 0 Å². The van der Waals surface area contributed by atoms with Gasteiger partial charge in [-0.3, -0.25) is 8.37 Å². The summed E-state index contributed by atoms with van der Waals surface area (Å²) in [4.78, 5) is 0. The third-order valence-electron chi connectivity index (χ3n) is 1.65. The fourth-order valence-electron chi connectivity index (χ4n) is 0.601. The van der Waals surface area contributed by atoms with Gasteiger partial charge in [0.1, 0.15) is 0 Å². The Balaban J connectivity index is 0. The summed E-state index contributed by atoms with van der Waals surface area (Å²) >= 11 is 0. The Morgan fingerprint density at radius 1 is 0.667 bits per heavy atom. The molecule has 0 aliphatic carbocycles. The molecule has 0 radical (unpaired) electrons. The monoisotopic (exact) mass is 416 g/mol. The highest BCUT2D eigenvalue weighted by molar-refractivity contribution is 7.87. The summed E-state index contributed by atoms with van der Waals surface area (Å²) in [6, 6.07) is 0.